The van der Waals surface area contributed by atoms with Gasteiger partial charge in [-0.25, -0.2) is 14.8 Å². The molecule has 5 nitrogen and oxygen atoms in total. The van der Waals surface area contributed by atoms with Gasteiger partial charge in [-0.15, -0.1) is 0 Å². The summed E-state index contributed by atoms with van der Waals surface area (Å²) in [4.78, 5) is 20.2. The first kappa shape index (κ1) is 15.0. The van der Waals surface area contributed by atoms with Crippen LogP contribution in [-0.4, -0.2) is 28.6 Å². The minimum atomic E-state index is -0.383. The number of nitrogens with one attached hydrogen (secondary N) is 1. The molecule has 0 aliphatic rings. The van der Waals surface area contributed by atoms with Gasteiger partial charge in [0.25, 0.3) is 0 Å². The molecular formula is C16H19N3O2. The van der Waals surface area contributed by atoms with Crippen LogP contribution in [-0.2, 0) is 9.53 Å². The molecule has 2 aromatic rings. The first-order chi connectivity index (χ1) is 10.1. The van der Waals surface area contributed by atoms with Crippen molar-refractivity contribution in [1.82, 2.24) is 9.97 Å². The predicted octanol–water partition coefficient (Wildman–Crippen LogP) is 2.82. The normalized spacial score (nSPS) is 11.8. The zero-order valence-electron chi connectivity index (χ0n) is 12.5. The fourth-order valence-electron chi connectivity index (χ4n) is 1.88. The van der Waals surface area contributed by atoms with Crippen LogP contribution >= 0.6 is 0 Å². The smallest absolute Gasteiger partial charge is 0.328 e. The Balaban J connectivity index is 2.07. The Bertz CT molecular complexity index is 611. The molecule has 1 heterocycles. The standard InChI is InChI=1S/C16H19N3O2/c1-4-21-16(20)12(3)19-14-7-5-13(6-8-14)15-17-10-9-11(2)18-15/h5-10,12,19H,4H2,1-3H3/t12-/m1/s1. The Morgan fingerprint density at radius 1 is 1.29 bits per heavy atom. The van der Waals surface area contributed by atoms with Crippen LogP contribution in [0.5, 0.6) is 0 Å². The summed E-state index contributed by atoms with van der Waals surface area (Å²) in [6.45, 7) is 5.88. The third-order valence-electron chi connectivity index (χ3n) is 2.96. The van der Waals surface area contributed by atoms with Crippen molar-refractivity contribution in [2.45, 2.75) is 26.8 Å². The lowest BCUT2D eigenvalue weighted by Gasteiger charge is -2.14. The summed E-state index contributed by atoms with van der Waals surface area (Å²) >= 11 is 0. The van der Waals surface area contributed by atoms with E-state index in [1.165, 1.54) is 0 Å². The zero-order chi connectivity index (χ0) is 15.2. The van der Waals surface area contributed by atoms with Crippen LogP contribution in [0.2, 0.25) is 0 Å². The molecule has 0 spiro atoms. The topological polar surface area (TPSA) is 64.1 Å². The van der Waals surface area contributed by atoms with Crippen molar-refractivity contribution in [1.29, 1.82) is 0 Å². The average Bonchev–Trinajstić information content (AvgIpc) is 2.48. The number of nitrogens with zero attached hydrogens (tertiary/aromatic N) is 2. The zero-order valence-corrected chi connectivity index (χ0v) is 12.5. The number of benzene rings is 1. The van der Waals surface area contributed by atoms with E-state index in [9.17, 15) is 4.79 Å². The van der Waals surface area contributed by atoms with E-state index in [-0.39, 0.29) is 12.0 Å². The van der Waals surface area contributed by atoms with E-state index in [1.54, 1.807) is 20.0 Å². The molecule has 0 saturated carbocycles. The largest absolute Gasteiger partial charge is 0.464 e. The summed E-state index contributed by atoms with van der Waals surface area (Å²) < 4.78 is 4.96. The highest BCUT2D eigenvalue weighted by molar-refractivity contribution is 5.79. The molecule has 1 aromatic heterocycles. The molecule has 0 amide bonds. The molecule has 0 saturated heterocycles. The molecule has 1 aromatic carbocycles. The molecule has 0 radical (unpaired) electrons. The molecule has 1 N–H and O–H groups in total. The number of ether oxygens (including phenoxy) is 1. The molecule has 0 fully saturated rings. The minimum absolute atomic E-state index is 0.261. The van der Waals surface area contributed by atoms with Crippen LogP contribution in [0.1, 0.15) is 19.5 Å². The molecule has 1 atom stereocenters. The van der Waals surface area contributed by atoms with Crippen LogP contribution in [0.4, 0.5) is 5.69 Å². The number of hydrogen-bond donors (Lipinski definition) is 1. The number of esters is 1. The molecule has 21 heavy (non-hydrogen) atoms. The third-order valence-corrected chi connectivity index (χ3v) is 2.96. The Labute approximate surface area is 124 Å². The van der Waals surface area contributed by atoms with E-state index in [0.29, 0.717) is 12.4 Å². The maximum absolute atomic E-state index is 11.6. The molecule has 110 valence electrons. The Morgan fingerprint density at radius 3 is 2.62 bits per heavy atom. The van der Waals surface area contributed by atoms with Gasteiger partial charge < -0.3 is 10.1 Å². The summed E-state index contributed by atoms with van der Waals surface area (Å²) in [5, 5.41) is 3.10. The number of aryl methyl sites for hydroxylation is 1. The second-order valence-corrected chi connectivity index (χ2v) is 4.72. The van der Waals surface area contributed by atoms with E-state index in [0.717, 1.165) is 16.9 Å². The molecular weight excluding hydrogens is 266 g/mol. The van der Waals surface area contributed by atoms with Gasteiger partial charge in [0.15, 0.2) is 5.82 Å². The van der Waals surface area contributed by atoms with Crippen molar-refractivity contribution < 1.29 is 9.53 Å². The van der Waals surface area contributed by atoms with Gasteiger partial charge in [0.1, 0.15) is 6.04 Å². The first-order valence-electron chi connectivity index (χ1n) is 6.93. The molecule has 0 unspecified atom stereocenters. The quantitative estimate of drug-likeness (QED) is 0.856. The van der Waals surface area contributed by atoms with Gasteiger partial charge in [-0.3, -0.25) is 0 Å². The second kappa shape index (κ2) is 6.83. The molecule has 2 rings (SSSR count). The summed E-state index contributed by atoms with van der Waals surface area (Å²) in [6.07, 6.45) is 1.74. The monoisotopic (exact) mass is 285 g/mol. The highest BCUT2D eigenvalue weighted by atomic mass is 16.5. The summed E-state index contributed by atoms with van der Waals surface area (Å²) in [7, 11) is 0. The predicted molar refractivity (Wildman–Crippen MR) is 81.9 cm³/mol. The number of aromatic nitrogens is 2. The van der Waals surface area contributed by atoms with E-state index >= 15 is 0 Å². The summed E-state index contributed by atoms with van der Waals surface area (Å²) in [6, 6.07) is 9.13. The van der Waals surface area contributed by atoms with E-state index < -0.39 is 0 Å². The van der Waals surface area contributed by atoms with Crippen LogP contribution in [0.15, 0.2) is 36.5 Å². The third kappa shape index (κ3) is 4.02. The molecule has 5 heteroatoms. The molecule has 0 bridgehead atoms. The number of anilines is 1. The lowest BCUT2D eigenvalue weighted by Crippen LogP contribution is -2.28. The number of carbonyl (C=O) groups is 1. The van der Waals surface area contributed by atoms with Crippen molar-refractivity contribution in [3.8, 4) is 11.4 Å². The fourth-order valence-corrected chi connectivity index (χ4v) is 1.88. The van der Waals surface area contributed by atoms with E-state index in [2.05, 4.69) is 15.3 Å². The van der Waals surface area contributed by atoms with Gasteiger partial charge in [-0.2, -0.15) is 0 Å². The Kier molecular flexibility index (Phi) is 4.87. The first-order valence-corrected chi connectivity index (χ1v) is 6.93. The van der Waals surface area contributed by atoms with Crippen molar-refractivity contribution in [2.75, 3.05) is 11.9 Å². The summed E-state index contributed by atoms with van der Waals surface area (Å²) in [5.74, 6) is 0.434. The van der Waals surface area contributed by atoms with Gasteiger partial charge in [0.05, 0.1) is 6.61 Å². The number of carbonyl (C=O) groups excluding carboxylic acids is 1. The van der Waals surface area contributed by atoms with Gasteiger partial charge in [-0.1, -0.05) is 0 Å². The number of rotatable bonds is 5. The Hall–Kier alpha value is -2.43. The van der Waals surface area contributed by atoms with E-state index in [1.807, 2.05) is 37.3 Å². The highest BCUT2D eigenvalue weighted by Crippen LogP contribution is 2.18. The maximum atomic E-state index is 11.6. The minimum Gasteiger partial charge on any atom is -0.464 e. The maximum Gasteiger partial charge on any atom is 0.328 e. The average molecular weight is 285 g/mol. The lowest BCUT2D eigenvalue weighted by atomic mass is 10.2. The summed E-state index contributed by atoms with van der Waals surface area (Å²) in [5.41, 5.74) is 2.72. The van der Waals surface area contributed by atoms with Gasteiger partial charge in [-0.05, 0) is 51.1 Å². The SMILES string of the molecule is CCOC(=O)[C@@H](C)Nc1ccc(-c2nccc(C)n2)cc1. The van der Waals surface area contributed by atoms with Crippen LogP contribution in [0.3, 0.4) is 0 Å². The molecule has 0 aliphatic heterocycles. The number of hydrogen-bond acceptors (Lipinski definition) is 5. The van der Waals surface area contributed by atoms with Gasteiger partial charge in [0.2, 0.25) is 0 Å². The second-order valence-electron chi connectivity index (χ2n) is 4.72. The van der Waals surface area contributed by atoms with Crippen molar-refractivity contribution in [3.05, 3.63) is 42.2 Å². The lowest BCUT2D eigenvalue weighted by molar-refractivity contribution is -0.143. The van der Waals surface area contributed by atoms with Crippen molar-refractivity contribution >= 4 is 11.7 Å². The van der Waals surface area contributed by atoms with Crippen LogP contribution in [0.25, 0.3) is 11.4 Å². The van der Waals surface area contributed by atoms with Crippen LogP contribution < -0.4 is 5.32 Å². The van der Waals surface area contributed by atoms with E-state index in [4.69, 9.17) is 4.74 Å². The van der Waals surface area contributed by atoms with Gasteiger partial charge in [0, 0.05) is 23.1 Å². The molecule has 0 aliphatic carbocycles. The fraction of sp³-hybridized carbons (Fsp3) is 0.312. The van der Waals surface area contributed by atoms with Gasteiger partial charge >= 0.3 is 5.97 Å². The van der Waals surface area contributed by atoms with Crippen molar-refractivity contribution in [3.63, 3.8) is 0 Å². The van der Waals surface area contributed by atoms with Crippen LogP contribution in [0, 0.1) is 6.92 Å². The Morgan fingerprint density at radius 2 is 2.00 bits per heavy atom. The van der Waals surface area contributed by atoms with Crippen molar-refractivity contribution in [2.24, 2.45) is 0 Å². The highest BCUT2D eigenvalue weighted by Gasteiger charge is 2.13.